The first-order chi connectivity index (χ1) is 7.92. The molecule has 0 bridgehead atoms. The van der Waals surface area contributed by atoms with Crippen LogP contribution < -0.4 is 5.32 Å². The molecule has 2 fully saturated rings. The summed E-state index contributed by atoms with van der Waals surface area (Å²) in [6, 6.07) is 1.78. The van der Waals surface area contributed by atoms with Crippen molar-refractivity contribution >= 4 is 11.8 Å². The highest BCUT2D eigenvalue weighted by atomic mass is 32.2. The molecule has 94 valence electrons. The summed E-state index contributed by atoms with van der Waals surface area (Å²) in [5.41, 5.74) is 0. The van der Waals surface area contributed by atoms with Crippen LogP contribution >= 0.6 is 11.8 Å². The van der Waals surface area contributed by atoms with Crippen LogP contribution in [0.2, 0.25) is 0 Å². The van der Waals surface area contributed by atoms with Gasteiger partial charge in [-0.05, 0) is 63.7 Å². The molecule has 0 aliphatic carbocycles. The zero-order chi connectivity index (χ0) is 11.2. The average Bonchev–Trinajstić information content (AvgIpc) is 2.38. The van der Waals surface area contributed by atoms with E-state index in [2.05, 4.69) is 29.0 Å². The van der Waals surface area contributed by atoms with Gasteiger partial charge < -0.3 is 5.32 Å². The van der Waals surface area contributed by atoms with Gasteiger partial charge in [-0.15, -0.1) is 0 Å². The van der Waals surface area contributed by atoms with Crippen LogP contribution in [0, 0.1) is 0 Å². The van der Waals surface area contributed by atoms with E-state index in [9.17, 15) is 0 Å². The maximum absolute atomic E-state index is 3.31. The predicted octanol–water partition coefficient (Wildman–Crippen LogP) is 2.35. The van der Waals surface area contributed by atoms with Crippen LogP contribution in [-0.4, -0.2) is 48.6 Å². The van der Waals surface area contributed by atoms with Crippen molar-refractivity contribution in [1.82, 2.24) is 10.2 Å². The Labute approximate surface area is 105 Å². The van der Waals surface area contributed by atoms with Crippen LogP contribution in [0.15, 0.2) is 0 Å². The quantitative estimate of drug-likeness (QED) is 0.815. The Morgan fingerprint density at radius 1 is 1.19 bits per heavy atom. The zero-order valence-corrected chi connectivity index (χ0v) is 11.4. The number of nitrogens with one attached hydrogen (secondary N) is 1. The summed E-state index contributed by atoms with van der Waals surface area (Å²) in [7, 11) is 2.07. The smallest absolute Gasteiger partial charge is 0.0114 e. The Morgan fingerprint density at radius 2 is 2.00 bits per heavy atom. The highest BCUT2D eigenvalue weighted by Crippen LogP contribution is 2.28. The third-order valence-electron chi connectivity index (χ3n) is 4.06. The first-order valence-electron chi connectivity index (χ1n) is 6.90. The summed E-state index contributed by atoms with van der Waals surface area (Å²) >= 11 is 2.14. The van der Waals surface area contributed by atoms with Gasteiger partial charge in [0.2, 0.25) is 0 Å². The molecule has 3 heteroatoms. The maximum Gasteiger partial charge on any atom is 0.0114 e. The predicted molar refractivity (Wildman–Crippen MR) is 73.2 cm³/mol. The summed E-state index contributed by atoms with van der Waals surface area (Å²) in [6.45, 7) is 2.55. The molecule has 2 heterocycles. The number of likely N-dealkylation sites (tertiary alicyclic amines) is 1. The minimum atomic E-state index is 0.870. The average molecular weight is 242 g/mol. The second-order valence-corrected chi connectivity index (χ2v) is 6.35. The topological polar surface area (TPSA) is 15.3 Å². The normalized spacial score (nSPS) is 29.4. The minimum Gasteiger partial charge on any atom is -0.320 e. The van der Waals surface area contributed by atoms with Gasteiger partial charge in [-0.3, -0.25) is 4.90 Å². The molecule has 0 aromatic heterocycles. The van der Waals surface area contributed by atoms with Crippen LogP contribution in [0.25, 0.3) is 0 Å². The SMILES string of the molecule is CNCCC1CCCCN1C1CCSCC1. The second-order valence-electron chi connectivity index (χ2n) is 5.12. The molecule has 0 radical (unpaired) electrons. The molecular formula is C13H26N2S. The van der Waals surface area contributed by atoms with Gasteiger partial charge in [-0.2, -0.15) is 11.8 Å². The van der Waals surface area contributed by atoms with Crippen LogP contribution in [0.1, 0.15) is 38.5 Å². The molecule has 2 aliphatic heterocycles. The molecule has 1 N–H and O–H groups in total. The van der Waals surface area contributed by atoms with Crippen molar-refractivity contribution in [3.63, 3.8) is 0 Å². The van der Waals surface area contributed by atoms with Crippen molar-refractivity contribution in [2.75, 3.05) is 31.6 Å². The number of piperidine rings is 1. The Bertz CT molecular complexity index is 192. The molecular weight excluding hydrogens is 216 g/mol. The first kappa shape index (κ1) is 12.7. The van der Waals surface area contributed by atoms with Crippen LogP contribution in [0.4, 0.5) is 0 Å². The lowest BCUT2D eigenvalue weighted by atomic mass is 9.95. The molecule has 0 aromatic rings. The Kier molecular flexibility index (Phi) is 5.46. The number of hydrogen-bond donors (Lipinski definition) is 1. The summed E-state index contributed by atoms with van der Waals surface area (Å²) in [5, 5.41) is 3.31. The molecule has 1 atom stereocenters. The number of thioether (sulfide) groups is 1. The number of nitrogens with zero attached hydrogens (tertiary/aromatic N) is 1. The summed E-state index contributed by atoms with van der Waals surface area (Å²) in [5.74, 6) is 2.78. The van der Waals surface area contributed by atoms with Crippen molar-refractivity contribution in [3.05, 3.63) is 0 Å². The Morgan fingerprint density at radius 3 is 2.75 bits per heavy atom. The first-order valence-corrected chi connectivity index (χ1v) is 8.05. The van der Waals surface area contributed by atoms with Gasteiger partial charge in [0.1, 0.15) is 0 Å². The van der Waals surface area contributed by atoms with Crippen molar-refractivity contribution in [1.29, 1.82) is 0 Å². The number of rotatable bonds is 4. The van der Waals surface area contributed by atoms with E-state index in [0.717, 1.165) is 12.1 Å². The highest BCUT2D eigenvalue weighted by Gasteiger charge is 2.29. The molecule has 16 heavy (non-hydrogen) atoms. The minimum absolute atomic E-state index is 0.870. The lowest BCUT2D eigenvalue weighted by Gasteiger charge is -2.42. The van der Waals surface area contributed by atoms with Crippen molar-refractivity contribution in [2.24, 2.45) is 0 Å². The molecule has 2 aliphatic rings. The van der Waals surface area contributed by atoms with Gasteiger partial charge in [0, 0.05) is 12.1 Å². The van der Waals surface area contributed by atoms with Gasteiger partial charge in [0.15, 0.2) is 0 Å². The molecule has 0 amide bonds. The molecule has 2 nitrogen and oxygen atoms in total. The van der Waals surface area contributed by atoms with E-state index in [1.54, 1.807) is 0 Å². The molecule has 0 saturated carbocycles. The largest absolute Gasteiger partial charge is 0.320 e. The van der Waals surface area contributed by atoms with Gasteiger partial charge in [0.05, 0.1) is 0 Å². The Balaban J connectivity index is 1.86. The molecule has 2 saturated heterocycles. The lowest BCUT2D eigenvalue weighted by molar-refractivity contribution is 0.0839. The second kappa shape index (κ2) is 6.87. The molecule has 1 unspecified atom stereocenters. The maximum atomic E-state index is 3.31. The van der Waals surface area contributed by atoms with E-state index in [0.29, 0.717) is 0 Å². The fourth-order valence-corrected chi connectivity index (χ4v) is 4.22. The third-order valence-corrected chi connectivity index (χ3v) is 5.11. The summed E-state index contributed by atoms with van der Waals surface area (Å²) < 4.78 is 0. The third kappa shape index (κ3) is 3.38. The highest BCUT2D eigenvalue weighted by molar-refractivity contribution is 7.99. The van der Waals surface area contributed by atoms with E-state index in [4.69, 9.17) is 0 Å². The van der Waals surface area contributed by atoms with E-state index >= 15 is 0 Å². The fourth-order valence-electron chi connectivity index (χ4n) is 3.14. The van der Waals surface area contributed by atoms with E-state index < -0.39 is 0 Å². The molecule has 2 rings (SSSR count). The zero-order valence-electron chi connectivity index (χ0n) is 10.6. The van der Waals surface area contributed by atoms with Gasteiger partial charge >= 0.3 is 0 Å². The lowest BCUT2D eigenvalue weighted by Crippen LogP contribution is -2.48. The number of hydrogen-bond acceptors (Lipinski definition) is 3. The van der Waals surface area contributed by atoms with E-state index in [1.165, 1.54) is 63.1 Å². The van der Waals surface area contributed by atoms with Crippen LogP contribution in [0.5, 0.6) is 0 Å². The molecule has 0 spiro atoms. The van der Waals surface area contributed by atoms with E-state index in [1.807, 2.05) is 0 Å². The summed E-state index contributed by atoms with van der Waals surface area (Å²) in [4.78, 5) is 2.85. The molecule has 0 aromatic carbocycles. The van der Waals surface area contributed by atoms with Crippen molar-refractivity contribution in [3.8, 4) is 0 Å². The van der Waals surface area contributed by atoms with Gasteiger partial charge in [-0.25, -0.2) is 0 Å². The van der Waals surface area contributed by atoms with Gasteiger partial charge in [-0.1, -0.05) is 6.42 Å². The van der Waals surface area contributed by atoms with Crippen LogP contribution in [-0.2, 0) is 0 Å². The standard InChI is InChI=1S/C13H26N2S/c1-14-8-5-12-4-2-3-9-15(12)13-6-10-16-11-7-13/h12-14H,2-11H2,1H3. The summed E-state index contributed by atoms with van der Waals surface area (Å²) in [6.07, 6.45) is 8.53. The van der Waals surface area contributed by atoms with Crippen LogP contribution in [0.3, 0.4) is 0 Å². The fraction of sp³-hybridized carbons (Fsp3) is 1.00. The Hall–Kier alpha value is 0.270. The monoisotopic (exact) mass is 242 g/mol. The van der Waals surface area contributed by atoms with Crippen molar-refractivity contribution < 1.29 is 0 Å². The van der Waals surface area contributed by atoms with Gasteiger partial charge in [0.25, 0.3) is 0 Å². The van der Waals surface area contributed by atoms with E-state index in [-0.39, 0.29) is 0 Å². The van der Waals surface area contributed by atoms with Crippen molar-refractivity contribution in [2.45, 2.75) is 50.6 Å².